The first-order chi connectivity index (χ1) is 8.58. The summed E-state index contributed by atoms with van der Waals surface area (Å²) in [5, 5.41) is 9.17. The summed E-state index contributed by atoms with van der Waals surface area (Å²) in [5.41, 5.74) is 7.78. The van der Waals surface area contributed by atoms with E-state index in [9.17, 15) is 0 Å². The highest BCUT2D eigenvalue weighted by Gasteiger charge is 2.08. The Balaban J connectivity index is 2.04. The predicted molar refractivity (Wildman–Crippen MR) is 82.4 cm³/mol. The van der Waals surface area contributed by atoms with Gasteiger partial charge in [0.05, 0.1) is 0 Å². The van der Waals surface area contributed by atoms with Gasteiger partial charge in [-0.05, 0) is 27.6 Å². The molecule has 0 fully saturated rings. The van der Waals surface area contributed by atoms with Crippen molar-refractivity contribution in [1.29, 1.82) is 0 Å². The van der Waals surface area contributed by atoms with Crippen molar-refractivity contribution in [1.82, 2.24) is 10.2 Å². The van der Waals surface area contributed by atoms with E-state index in [4.69, 9.17) is 5.73 Å². The van der Waals surface area contributed by atoms with E-state index in [1.54, 1.807) is 23.1 Å². The van der Waals surface area contributed by atoms with Gasteiger partial charge in [0.25, 0.3) is 0 Å². The number of rotatable bonds is 4. The molecule has 0 saturated carbocycles. The number of anilines is 2. The summed E-state index contributed by atoms with van der Waals surface area (Å²) in [6, 6.07) is 5.90. The van der Waals surface area contributed by atoms with Crippen LogP contribution in [0.2, 0.25) is 0 Å². The SMILES string of the molecule is CN(C)c1nnc(SCc2cccc(N)c2Br)s1. The monoisotopic (exact) mass is 344 g/mol. The fraction of sp³-hybridized carbons (Fsp3) is 0.273. The van der Waals surface area contributed by atoms with Gasteiger partial charge in [0.1, 0.15) is 0 Å². The van der Waals surface area contributed by atoms with Gasteiger partial charge in [0.2, 0.25) is 5.13 Å². The van der Waals surface area contributed by atoms with Crippen molar-refractivity contribution < 1.29 is 0 Å². The molecule has 0 bridgehead atoms. The Morgan fingerprint density at radius 3 is 2.83 bits per heavy atom. The van der Waals surface area contributed by atoms with Crippen LogP contribution in [0.3, 0.4) is 0 Å². The molecule has 2 N–H and O–H groups in total. The number of hydrogen-bond donors (Lipinski definition) is 1. The summed E-state index contributed by atoms with van der Waals surface area (Å²) in [6.45, 7) is 0. The van der Waals surface area contributed by atoms with Crippen LogP contribution >= 0.6 is 39.0 Å². The highest BCUT2D eigenvalue weighted by atomic mass is 79.9. The lowest BCUT2D eigenvalue weighted by molar-refractivity contribution is 0.972. The van der Waals surface area contributed by atoms with E-state index in [2.05, 4.69) is 32.2 Å². The summed E-state index contributed by atoms with van der Waals surface area (Å²) < 4.78 is 1.93. The van der Waals surface area contributed by atoms with Crippen LogP contribution in [0.4, 0.5) is 10.8 Å². The zero-order valence-electron chi connectivity index (χ0n) is 10.1. The minimum absolute atomic E-state index is 0.763. The molecule has 1 aromatic carbocycles. The summed E-state index contributed by atoms with van der Waals surface area (Å²) in [5.74, 6) is 0.827. The van der Waals surface area contributed by atoms with Crippen LogP contribution in [-0.2, 0) is 5.75 Å². The molecule has 0 aliphatic heterocycles. The quantitative estimate of drug-likeness (QED) is 0.681. The topological polar surface area (TPSA) is 55.0 Å². The lowest BCUT2D eigenvalue weighted by Gasteiger charge is -2.05. The van der Waals surface area contributed by atoms with Gasteiger partial charge in [-0.2, -0.15) is 0 Å². The zero-order chi connectivity index (χ0) is 13.1. The molecule has 0 amide bonds. The molecule has 0 saturated heterocycles. The van der Waals surface area contributed by atoms with Crippen molar-refractivity contribution in [2.24, 2.45) is 0 Å². The number of aromatic nitrogens is 2. The van der Waals surface area contributed by atoms with Crippen LogP contribution in [0.1, 0.15) is 5.56 Å². The van der Waals surface area contributed by atoms with Crippen molar-refractivity contribution in [3.8, 4) is 0 Å². The molecule has 1 heterocycles. The number of thioether (sulfide) groups is 1. The second-order valence-electron chi connectivity index (χ2n) is 3.85. The maximum absolute atomic E-state index is 5.85. The third-order valence-corrected chi connectivity index (χ3v) is 5.48. The second-order valence-corrected chi connectivity index (χ2v) is 6.83. The Bertz CT molecular complexity index is 542. The third kappa shape index (κ3) is 3.15. The first-order valence-electron chi connectivity index (χ1n) is 5.24. The molecule has 2 aromatic rings. The molecule has 4 nitrogen and oxygen atoms in total. The summed E-state index contributed by atoms with van der Waals surface area (Å²) >= 11 is 6.76. The van der Waals surface area contributed by atoms with Crippen LogP contribution in [0.15, 0.2) is 27.0 Å². The van der Waals surface area contributed by atoms with E-state index >= 15 is 0 Å². The Morgan fingerprint density at radius 1 is 1.39 bits per heavy atom. The Hall–Kier alpha value is -0.790. The third-order valence-electron chi connectivity index (χ3n) is 2.24. The highest BCUT2D eigenvalue weighted by molar-refractivity contribution is 9.10. The molecule has 0 aliphatic rings. The van der Waals surface area contributed by atoms with Crippen molar-refractivity contribution in [3.63, 3.8) is 0 Å². The van der Waals surface area contributed by atoms with Gasteiger partial charge in [-0.3, -0.25) is 0 Å². The molecule has 18 heavy (non-hydrogen) atoms. The average molecular weight is 345 g/mol. The molecule has 0 spiro atoms. The molecule has 0 radical (unpaired) electrons. The highest BCUT2D eigenvalue weighted by Crippen LogP contribution is 2.32. The van der Waals surface area contributed by atoms with Gasteiger partial charge in [-0.1, -0.05) is 35.2 Å². The molecular formula is C11H13BrN4S2. The summed E-state index contributed by atoms with van der Waals surface area (Å²) in [6.07, 6.45) is 0. The number of benzene rings is 1. The molecule has 0 unspecified atom stereocenters. The second kappa shape index (κ2) is 5.90. The van der Waals surface area contributed by atoms with Gasteiger partial charge in [-0.25, -0.2) is 0 Å². The fourth-order valence-corrected chi connectivity index (χ4v) is 3.64. The average Bonchev–Trinajstić information content (AvgIpc) is 2.80. The van der Waals surface area contributed by atoms with Gasteiger partial charge in [0.15, 0.2) is 4.34 Å². The zero-order valence-corrected chi connectivity index (χ0v) is 13.3. The lowest BCUT2D eigenvalue weighted by atomic mass is 10.2. The van der Waals surface area contributed by atoms with Gasteiger partial charge >= 0.3 is 0 Å². The maximum Gasteiger partial charge on any atom is 0.208 e. The fourth-order valence-electron chi connectivity index (χ4n) is 1.29. The van der Waals surface area contributed by atoms with Crippen LogP contribution in [0.25, 0.3) is 0 Å². The predicted octanol–water partition coefficient (Wildman–Crippen LogP) is 3.24. The van der Waals surface area contributed by atoms with Crippen LogP contribution in [0, 0.1) is 0 Å². The van der Waals surface area contributed by atoms with E-state index in [-0.39, 0.29) is 0 Å². The van der Waals surface area contributed by atoms with E-state index in [0.717, 1.165) is 25.4 Å². The standard InChI is InChI=1S/C11H13BrN4S2/c1-16(2)10-14-15-11(18-10)17-6-7-4-3-5-8(13)9(7)12/h3-5H,6,13H2,1-2H3. The minimum atomic E-state index is 0.763. The van der Waals surface area contributed by atoms with Gasteiger partial charge in [-0.15, -0.1) is 10.2 Å². The largest absolute Gasteiger partial charge is 0.398 e. The van der Waals surface area contributed by atoms with Crippen molar-refractivity contribution in [2.45, 2.75) is 10.1 Å². The van der Waals surface area contributed by atoms with Crippen LogP contribution in [-0.4, -0.2) is 24.3 Å². The first kappa shape index (κ1) is 13.6. The molecule has 1 aromatic heterocycles. The van der Waals surface area contributed by atoms with Crippen LogP contribution in [0.5, 0.6) is 0 Å². The normalized spacial score (nSPS) is 10.6. The minimum Gasteiger partial charge on any atom is -0.398 e. The van der Waals surface area contributed by atoms with E-state index in [0.29, 0.717) is 0 Å². The summed E-state index contributed by atoms with van der Waals surface area (Å²) in [7, 11) is 3.92. The van der Waals surface area contributed by atoms with E-state index in [1.807, 2.05) is 31.1 Å². The number of nitrogens with two attached hydrogens (primary N) is 1. The number of halogens is 1. The maximum atomic E-state index is 5.85. The van der Waals surface area contributed by atoms with Crippen LogP contribution < -0.4 is 10.6 Å². The number of nitrogens with zero attached hydrogens (tertiary/aromatic N) is 3. The van der Waals surface area contributed by atoms with Crippen molar-refractivity contribution in [2.75, 3.05) is 24.7 Å². The van der Waals surface area contributed by atoms with Gasteiger partial charge in [0, 0.05) is 30.0 Å². The molecule has 96 valence electrons. The lowest BCUT2D eigenvalue weighted by Crippen LogP contribution is -2.07. The van der Waals surface area contributed by atoms with Crippen molar-refractivity contribution in [3.05, 3.63) is 28.2 Å². The molecule has 0 aliphatic carbocycles. The number of nitrogen functional groups attached to an aromatic ring is 1. The molecule has 2 rings (SSSR count). The van der Waals surface area contributed by atoms with Crippen molar-refractivity contribution >= 4 is 49.8 Å². The number of hydrogen-bond acceptors (Lipinski definition) is 6. The molecule has 0 atom stereocenters. The van der Waals surface area contributed by atoms with E-state index in [1.165, 1.54) is 5.56 Å². The smallest absolute Gasteiger partial charge is 0.208 e. The first-order valence-corrected chi connectivity index (χ1v) is 7.84. The Morgan fingerprint density at radius 2 is 2.17 bits per heavy atom. The molecule has 7 heteroatoms. The summed E-state index contributed by atoms with van der Waals surface area (Å²) in [4.78, 5) is 1.96. The van der Waals surface area contributed by atoms with E-state index < -0.39 is 0 Å². The Kier molecular flexibility index (Phi) is 4.47. The molecular weight excluding hydrogens is 332 g/mol. The Labute approximate surface area is 123 Å². The van der Waals surface area contributed by atoms with Gasteiger partial charge < -0.3 is 10.6 Å².